The molecule has 254 valence electrons. The fourth-order valence-electron chi connectivity index (χ4n) is 5.84. The molecule has 2 atom stereocenters. The van der Waals surface area contributed by atoms with Crippen molar-refractivity contribution in [2.45, 2.75) is 56.9 Å². The van der Waals surface area contributed by atoms with Crippen molar-refractivity contribution in [2.24, 2.45) is 5.92 Å². The maximum atomic E-state index is 13.4. The van der Waals surface area contributed by atoms with Gasteiger partial charge in [-0.25, -0.2) is 9.59 Å². The van der Waals surface area contributed by atoms with Gasteiger partial charge in [-0.3, -0.25) is 14.5 Å². The highest BCUT2D eigenvalue weighted by Gasteiger charge is 2.38. The number of benzene rings is 2. The van der Waals surface area contributed by atoms with Gasteiger partial charge in [-0.2, -0.15) is 24.9 Å². The lowest BCUT2D eigenvalue weighted by atomic mass is 9.96. The van der Waals surface area contributed by atoms with E-state index in [1.807, 2.05) is 24.5 Å². The molecule has 0 saturated carbocycles. The summed E-state index contributed by atoms with van der Waals surface area (Å²) in [5, 5.41) is 15.7. The Morgan fingerprint density at radius 3 is 2.43 bits per heavy atom. The summed E-state index contributed by atoms with van der Waals surface area (Å²) in [7, 11) is 1.35. The Morgan fingerprint density at radius 2 is 1.78 bits per heavy atom. The van der Waals surface area contributed by atoms with Crippen LogP contribution >= 0.6 is 11.8 Å². The first-order valence-electron chi connectivity index (χ1n) is 15.3. The van der Waals surface area contributed by atoms with E-state index in [4.69, 9.17) is 14.6 Å². The number of carbonyl (C=O) groups excluding carboxylic acids is 3. The Balaban J connectivity index is 0.000000738. The SMILES string of the molecule is COC(=O)[C@H](CCSC)NC(=O)CN(Cc1cccc2ccccc12)C[C@@H]1CCCN1C(=O)C1CCNCC1.O=C(O)C(F)(F)F. The predicted molar refractivity (Wildman–Crippen MR) is 170 cm³/mol. The molecular weight excluding hydrogens is 625 g/mol. The molecule has 46 heavy (non-hydrogen) atoms. The number of hydrogen-bond acceptors (Lipinski definition) is 8. The Bertz CT molecular complexity index is 1320. The second kappa shape index (κ2) is 18.1. The van der Waals surface area contributed by atoms with E-state index < -0.39 is 24.2 Å². The molecule has 2 fully saturated rings. The van der Waals surface area contributed by atoms with Crippen LogP contribution in [0.1, 0.15) is 37.7 Å². The molecule has 0 aliphatic carbocycles. The maximum absolute atomic E-state index is 13.4. The number of piperidine rings is 1. The van der Waals surface area contributed by atoms with Crippen LogP contribution in [0, 0.1) is 5.92 Å². The number of likely N-dealkylation sites (tertiary alicyclic amines) is 1. The van der Waals surface area contributed by atoms with Crippen LogP contribution in [0.2, 0.25) is 0 Å². The fraction of sp³-hybridized carbons (Fsp3) is 0.562. The zero-order chi connectivity index (χ0) is 33.7. The van der Waals surface area contributed by atoms with Crippen molar-refractivity contribution in [2.75, 3.05) is 51.8 Å². The number of amides is 2. The number of nitrogens with one attached hydrogen (secondary N) is 2. The largest absolute Gasteiger partial charge is 0.490 e. The summed E-state index contributed by atoms with van der Waals surface area (Å²) >= 11 is 1.63. The molecule has 2 amide bonds. The van der Waals surface area contributed by atoms with Crippen molar-refractivity contribution < 1.29 is 42.2 Å². The molecule has 14 heteroatoms. The number of rotatable bonds is 12. The van der Waals surface area contributed by atoms with Gasteiger partial charge in [0.25, 0.3) is 0 Å². The van der Waals surface area contributed by atoms with Crippen molar-refractivity contribution in [3.8, 4) is 0 Å². The molecule has 4 rings (SSSR count). The van der Waals surface area contributed by atoms with Gasteiger partial charge in [0, 0.05) is 31.6 Å². The Morgan fingerprint density at radius 1 is 1.11 bits per heavy atom. The van der Waals surface area contributed by atoms with Crippen LogP contribution in [-0.4, -0.2) is 109 Å². The molecule has 2 saturated heterocycles. The fourth-order valence-corrected chi connectivity index (χ4v) is 6.31. The van der Waals surface area contributed by atoms with Crippen LogP contribution in [0.25, 0.3) is 10.8 Å². The van der Waals surface area contributed by atoms with E-state index in [9.17, 15) is 27.6 Å². The molecule has 0 radical (unpaired) electrons. The average Bonchev–Trinajstić information content (AvgIpc) is 3.50. The first-order valence-corrected chi connectivity index (χ1v) is 16.7. The molecule has 0 aromatic heterocycles. The number of halogens is 3. The Labute approximate surface area is 271 Å². The number of aliphatic carboxylic acids is 1. The van der Waals surface area contributed by atoms with Gasteiger partial charge in [-0.05, 0) is 73.5 Å². The number of nitrogens with zero attached hydrogens (tertiary/aromatic N) is 2. The van der Waals surface area contributed by atoms with E-state index in [1.165, 1.54) is 7.11 Å². The quantitative estimate of drug-likeness (QED) is 0.290. The zero-order valence-corrected chi connectivity index (χ0v) is 27.0. The average molecular weight is 669 g/mol. The number of carbonyl (C=O) groups is 4. The van der Waals surface area contributed by atoms with Crippen molar-refractivity contribution in [3.63, 3.8) is 0 Å². The Kier molecular flexibility index (Phi) is 14.6. The number of ether oxygens (including phenoxy) is 1. The normalized spacial score (nSPS) is 17.7. The van der Waals surface area contributed by atoms with Crippen LogP contribution < -0.4 is 10.6 Å². The number of methoxy groups -OCH3 is 1. The number of carboxylic acid groups (broad SMARTS) is 1. The van der Waals surface area contributed by atoms with Crippen LogP contribution in [0.5, 0.6) is 0 Å². The molecule has 2 heterocycles. The summed E-state index contributed by atoms with van der Waals surface area (Å²) in [6.07, 6.45) is 1.09. The van der Waals surface area contributed by atoms with Crippen molar-refractivity contribution in [1.82, 2.24) is 20.4 Å². The number of hydrogen-bond donors (Lipinski definition) is 3. The molecule has 2 aliphatic heterocycles. The van der Waals surface area contributed by atoms with Gasteiger partial charge in [0.1, 0.15) is 6.04 Å². The lowest BCUT2D eigenvalue weighted by Crippen LogP contribution is -2.50. The van der Waals surface area contributed by atoms with Crippen molar-refractivity contribution in [1.29, 1.82) is 0 Å². The number of fused-ring (bicyclic) bond motifs is 1. The first-order chi connectivity index (χ1) is 21.9. The molecule has 0 bridgehead atoms. The lowest BCUT2D eigenvalue weighted by molar-refractivity contribution is -0.192. The summed E-state index contributed by atoms with van der Waals surface area (Å²) in [5.74, 6) is -2.30. The van der Waals surface area contributed by atoms with E-state index in [0.717, 1.165) is 67.4 Å². The molecule has 0 unspecified atom stereocenters. The maximum Gasteiger partial charge on any atom is 0.490 e. The molecule has 2 aromatic rings. The second-order valence-corrected chi connectivity index (χ2v) is 12.4. The van der Waals surface area contributed by atoms with Gasteiger partial charge in [0.15, 0.2) is 0 Å². The standard InChI is InChI=1S/C30H42N4O4S.C2HF3O2/c1-38-30(37)27(14-18-39-2)32-28(35)21-33(19-24-9-5-8-22-7-3-4-11-26(22)24)20-25-10-6-17-34(25)29(36)23-12-15-31-16-13-23;3-2(4,5)1(6)7/h3-5,7-9,11,23,25,27,31H,6,10,12-21H2,1-2H3,(H,32,35);(H,6,7)/t25-,27-;/m0./s1. The molecular formula is C32H43F3N4O6S. The Hall–Kier alpha value is -3.36. The van der Waals surface area contributed by atoms with Crippen LogP contribution in [0.3, 0.4) is 0 Å². The third kappa shape index (κ3) is 11.2. The predicted octanol–water partition coefficient (Wildman–Crippen LogP) is 3.68. The third-order valence-electron chi connectivity index (χ3n) is 8.13. The van der Waals surface area contributed by atoms with Gasteiger partial charge in [-0.1, -0.05) is 42.5 Å². The van der Waals surface area contributed by atoms with E-state index in [2.05, 4.69) is 44.7 Å². The number of thioether (sulfide) groups is 1. The summed E-state index contributed by atoms with van der Waals surface area (Å²) < 4.78 is 36.7. The van der Waals surface area contributed by atoms with E-state index in [1.54, 1.807) is 11.8 Å². The molecule has 10 nitrogen and oxygen atoms in total. The molecule has 2 aliphatic rings. The van der Waals surface area contributed by atoms with Gasteiger partial charge in [-0.15, -0.1) is 0 Å². The van der Waals surface area contributed by atoms with Gasteiger partial charge >= 0.3 is 18.1 Å². The lowest BCUT2D eigenvalue weighted by Gasteiger charge is -2.34. The number of carboxylic acids is 1. The minimum atomic E-state index is -5.08. The van der Waals surface area contributed by atoms with Crippen molar-refractivity contribution in [3.05, 3.63) is 48.0 Å². The first kappa shape index (κ1) is 37.1. The van der Waals surface area contributed by atoms with Crippen LogP contribution in [-0.2, 0) is 30.5 Å². The number of esters is 1. The third-order valence-corrected chi connectivity index (χ3v) is 8.78. The van der Waals surface area contributed by atoms with E-state index in [0.29, 0.717) is 19.5 Å². The zero-order valence-electron chi connectivity index (χ0n) is 26.2. The molecule has 0 spiro atoms. The minimum Gasteiger partial charge on any atom is -0.475 e. The van der Waals surface area contributed by atoms with Crippen LogP contribution in [0.15, 0.2) is 42.5 Å². The topological polar surface area (TPSA) is 128 Å². The van der Waals surface area contributed by atoms with E-state index >= 15 is 0 Å². The monoisotopic (exact) mass is 668 g/mol. The molecule has 2 aromatic carbocycles. The number of alkyl halides is 3. The molecule has 3 N–H and O–H groups in total. The highest BCUT2D eigenvalue weighted by atomic mass is 32.2. The van der Waals surface area contributed by atoms with Gasteiger partial charge in [0.05, 0.1) is 13.7 Å². The summed E-state index contributed by atoms with van der Waals surface area (Å²) in [4.78, 5) is 52.1. The minimum absolute atomic E-state index is 0.0723. The second-order valence-electron chi connectivity index (χ2n) is 11.4. The van der Waals surface area contributed by atoms with Gasteiger partial charge < -0.3 is 25.4 Å². The highest BCUT2D eigenvalue weighted by Crippen LogP contribution is 2.26. The highest BCUT2D eigenvalue weighted by molar-refractivity contribution is 7.98. The van der Waals surface area contributed by atoms with Gasteiger partial charge in [0.2, 0.25) is 11.8 Å². The summed E-state index contributed by atoms with van der Waals surface area (Å²) in [6.45, 7) is 3.89. The smallest absolute Gasteiger partial charge is 0.475 e. The summed E-state index contributed by atoms with van der Waals surface area (Å²) in [5.41, 5.74) is 1.14. The summed E-state index contributed by atoms with van der Waals surface area (Å²) in [6, 6.07) is 13.9. The van der Waals surface area contributed by atoms with Crippen LogP contribution in [0.4, 0.5) is 13.2 Å². The van der Waals surface area contributed by atoms with Crippen molar-refractivity contribution >= 4 is 46.3 Å². The van der Waals surface area contributed by atoms with E-state index in [-0.39, 0.29) is 30.3 Å².